The lowest BCUT2D eigenvalue weighted by Gasteiger charge is -2.00. The highest BCUT2D eigenvalue weighted by Crippen LogP contribution is 2.07. The highest BCUT2D eigenvalue weighted by molar-refractivity contribution is 5.38. The summed E-state index contributed by atoms with van der Waals surface area (Å²) in [6.45, 7) is 2.77. The zero-order valence-electron chi connectivity index (χ0n) is 7.33. The van der Waals surface area contributed by atoms with Gasteiger partial charge in [-0.15, -0.1) is 0 Å². The Hall–Kier alpha value is -1.78. The Morgan fingerprint density at radius 3 is 2.92 bits per heavy atom. The van der Waals surface area contributed by atoms with E-state index in [9.17, 15) is 0 Å². The maximum atomic E-state index is 3.93. The number of H-pyrrole nitrogens is 2. The molecule has 2 aromatic heterocycles. The maximum Gasteiger partial charge on any atom is 0.0726 e. The predicted molar refractivity (Wildman–Crippen MR) is 49.2 cm³/mol. The fraction of sp³-hybridized carbons (Fsp3) is 0.250. The van der Waals surface area contributed by atoms with Crippen molar-refractivity contribution < 1.29 is 0 Å². The molecule has 0 atom stereocenters. The van der Waals surface area contributed by atoms with Gasteiger partial charge in [0.1, 0.15) is 0 Å². The molecular formula is C8H11N5. The van der Waals surface area contributed by atoms with Crippen LogP contribution in [0.1, 0.15) is 11.3 Å². The van der Waals surface area contributed by atoms with Gasteiger partial charge in [-0.3, -0.25) is 10.2 Å². The average Bonchev–Trinajstić information content (AvgIpc) is 2.72. The second kappa shape index (κ2) is 3.30. The van der Waals surface area contributed by atoms with Crippen molar-refractivity contribution >= 4 is 5.69 Å². The molecule has 0 bridgehead atoms. The third-order valence-corrected chi connectivity index (χ3v) is 1.92. The van der Waals surface area contributed by atoms with Crippen LogP contribution >= 0.6 is 0 Å². The minimum Gasteiger partial charge on any atom is -0.378 e. The van der Waals surface area contributed by atoms with E-state index in [4.69, 9.17) is 0 Å². The van der Waals surface area contributed by atoms with E-state index in [2.05, 4.69) is 25.7 Å². The standard InChI is InChI=1S/C8H11N5/c1-6-7(3-12-13-6)2-9-8-4-10-11-5-8/h3-5,9H,2H2,1H3,(H,10,11)(H,12,13). The molecule has 2 heterocycles. The Bertz CT molecular complexity index is 362. The highest BCUT2D eigenvalue weighted by atomic mass is 15.1. The summed E-state index contributed by atoms with van der Waals surface area (Å²) < 4.78 is 0. The van der Waals surface area contributed by atoms with Gasteiger partial charge in [0.05, 0.1) is 18.1 Å². The van der Waals surface area contributed by atoms with Crippen LogP contribution in [-0.4, -0.2) is 20.4 Å². The number of nitrogens with one attached hydrogen (secondary N) is 3. The first-order valence-corrected chi connectivity index (χ1v) is 4.08. The summed E-state index contributed by atoms with van der Waals surface area (Å²) >= 11 is 0. The van der Waals surface area contributed by atoms with Crippen LogP contribution in [0, 0.1) is 6.92 Å². The molecule has 0 unspecified atom stereocenters. The van der Waals surface area contributed by atoms with Gasteiger partial charge in [-0.2, -0.15) is 10.2 Å². The molecule has 0 aliphatic carbocycles. The molecule has 3 N–H and O–H groups in total. The first kappa shape index (κ1) is 7.85. The van der Waals surface area contributed by atoms with E-state index in [0.29, 0.717) is 0 Å². The van der Waals surface area contributed by atoms with Crippen LogP contribution in [0.4, 0.5) is 5.69 Å². The Morgan fingerprint density at radius 1 is 1.38 bits per heavy atom. The zero-order chi connectivity index (χ0) is 9.10. The van der Waals surface area contributed by atoms with E-state index in [1.54, 1.807) is 6.20 Å². The molecule has 13 heavy (non-hydrogen) atoms. The van der Waals surface area contributed by atoms with E-state index in [1.807, 2.05) is 19.3 Å². The third kappa shape index (κ3) is 1.69. The van der Waals surface area contributed by atoms with Crippen molar-refractivity contribution in [2.24, 2.45) is 0 Å². The largest absolute Gasteiger partial charge is 0.378 e. The fourth-order valence-corrected chi connectivity index (χ4v) is 1.10. The second-order valence-corrected chi connectivity index (χ2v) is 2.86. The van der Waals surface area contributed by atoms with Gasteiger partial charge >= 0.3 is 0 Å². The lowest BCUT2D eigenvalue weighted by molar-refractivity contribution is 1.04. The lowest BCUT2D eigenvalue weighted by Crippen LogP contribution is -1.98. The van der Waals surface area contributed by atoms with Crippen LogP contribution in [0.25, 0.3) is 0 Å². The SMILES string of the molecule is Cc1[nH]ncc1CNc1cn[nH]c1. The van der Waals surface area contributed by atoms with Crippen molar-refractivity contribution in [3.63, 3.8) is 0 Å². The van der Waals surface area contributed by atoms with E-state index >= 15 is 0 Å². The Labute approximate surface area is 75.6 Å². The minimum absolute atomic E-state index is 0.766. The summed E-state index contributed by atoms with van der Waals surface area (Å²) in [5.41, 5.74) is 3.25. The van der Waals surface area contributed by atoms with Gasteiger partial charge in [0.25, 0.3) is 0 Å². The van der Waals surface area contributed by atoms with Gasteiger partial charge in [0.2, 0.25) is 0 Å². The Balaban J connectivity index is 1.97. The van der Waals surface area contributed by atoms with E-state index in [1.165, 1.54) is 5.56 Å². The summed E-state index contributed by atoms with van der Waals surface area (Å²) in [5.74, 6) is 0. The quantitative estimate of drug-likeness (QED) is 0.656. The van der Waals surface area contributed by atoms with Crippen molar-refractivity contribution in [2.75, 3.05) is 5.32 Å². The summed E-state index contributed by atoms with van der Waals surface area (Å²) in [4.78, 5) is 0. The van der Waals surface area contributed by atoms with Gasteiger partial charge in [0.15, 0.2) is 0 Å². The van der Waals surface area contributed by atoms with Crippen molar-refractivity contribution in [1.29, 1.82) is 0 Å². The molecule has 0 spiro atoms. The number of rotatable bonds is 3. The monoisotopic (exact) mass is 177 g/mol. The molecular weight excluding hydrogens is 166 g/mol. The number of anilines is 1. The van der Waals surface area contributed by atoms with Gasteiger partial charge in [-0.1, -0.05) is 0 Å². The molecule has 0 aliphatic rings. The van der Waals surface area contributed by atoms with Crippen LogP contribution in [0.15, 0.2) is 18.6 Å². The second-order valence-electron chi connectivity index (χ2n) is 2.86. The van der Waals surface area contributed by atoms with Crippen LogP contribution in [0.5, 0.6) is 0 Å². The Kier molecular flexibility index (Phi) is 1.99. The number of hydrogen-bond acceptors (Lipinski definition) is 3. The topological polar surface area (TPSA) is 69.4 Å². The Morgan fingerprint density at radius 2 is 2.31 bits per heavy atom. The number of hydrogen-bond donors (Lipinski definition) is 3. The molecule has 0 saturated heterocycles. The van der Waals surface area contributed by atoms with Crippen LogP contribution in [-0.2, 0) is 6.54 Å². The highest BCUT2D eigenvalue weighted by Gasteiger charge is 1.99. The molecule has 0 aliphatic heterocycles. The molecule has 68 valence electrons. The lowest BCUT2D eigenvalue weighted by atomic mass is 10.2. The molecule has 5 nitrogen and oxygen atoms in total. The predicted octanol–water partition coefficient (Wildman–Crippen LogP) is 1.05. The van der Waals surface area contributed by atoms with Crippen molar-refractivity contribution in [3.8, 4) is 0 Å². The average molecular weight is 177 g/mol. The summed E-state index contributed by atoms with van der Waals surface area (Å²) in [5, 5.41) is 16.6. The zero-order valence-corrected chi connectivity index (χ0v) is 7.33. The number of nitrogens with zero attached hydrogens (tertiary/aromatic N) is 2. The molecule has 2 rings (SSSR count). The first-order chi connectivity index (χ1) is 6.36. The van der Waals surface area contributed by atoms with Gasteiger partial charge in [-0.25, -0.2) is 0 Å². The summed E-state index contributed by atoms with van der Waals surface area (Å²) in [6.07, 6.45) is 5.38. The fourth-order valence-electron chi connectivity index (χ4n) is 1.10. The first-order valence-electron chi connectivity index (χ1n) is 4.08. The smallest absolute Gasteiger partial charge is 0.0726 e. The molecule has 0 fully saturated rings. The maximum absolute atomic E-state index is 3.93. The molecule has 2 aromatic rings. The van der Waals surface area contributed by atoms with E-state index in [0.717, 1.165) is 17.9 Å². The van der Waals surface area contributed by atoms with Crippen LogP contribution < -0.4 is 5.32 Å². The van der Waals surface area contributed by atoms with Crippen molar-refractivity contribution in [3.05, 3.63) is 29.8 Å². The molecule has 0 saturated carbocycles. The molecule has 5 heteroatoms. The number of aromatic amines is 2. The van der Waals surface area contributed by atoms with Crippen LogP contribution in [0.2, 0.25) is 0 Å². The summed E-state index contributed by atoms with van der Waals surface area (Å²) in [6, 6.07) is 0. The van der Waals surface area contributed by atoms with Crippen LogP contribution in [0.3, 0.4) is 0 Å². The molecule has 0 aromatic carbocycles. The normalized spacial score (nSPS) is 10.2. The summed E-state index contributed by atoms with van der Waals surface area (Å²) in [7, 11) is 0. The molecule has 0 amide bonds. The van der Waals surface area contributed by atoms with Crippen molar-refractivity contribution in [1.82, 2.24) is 20.4 Å². The van der Waals surface area contributed by atoms with E-state index in [-0.39, 0.29) is 0 Å². The minimum atomic E-state index is 0.766. The molecule has 0 radical (unpaired) electrons. The van der Waals surface area contributed by atoms with Gasteiger partial charge in [0, 0.05) is 24.0 Å². The van der Waals surface area contributed by atoms with Gasteiger partial charge < -0.3 is 5.32 Å². The third-order valence-electron chi connectivity index (χ3n) is 1.92. The van der Waals surface area contributed by atoms with Gasteiger partial charge in [-0.05, 0) is 6.92 Å². The van der Waals surface area contributed by atoms with Crippen molar-refractivity contribution in [2.45, 2.75) is 13.5 Å². The van der Waals surface area contributed by atoms with E-state index < -0.39 is 0 Å². The number of aromatic nitrogens is 4. The number of aryl methyl sites for hydroxylation is 1.